The first-order valence-electron chi connectivity index (χ1n) is 5.64. The summed E-state index contributed by atoms with van der Waals surface area (Å²) in [7, 11) is 1.26. The van der Waals surface area contributed by atoms with Crippen molar-refractivity contribution in [3.05, 3.63) is 35.4 Å². The van der Waals surface area contributed by atoms with Crippen molar-refractivity contribution in [2.45, 2.75) is 30.2 Å². The summed E-state index contributed by atoms with van der Waals surface area (Å²) in [6, 6.07) is 7.35. The van der Waals surface area contributed by atoms with Crippen LogP contribution in [0.1, 0.15) is 24.0 Å². The zero-order valence-electron chi connectivity index (χ0n) is 9.65. The molecule has 2 atom stereocenters. The van der Waals surface area contributed by atoms with E-state index in [9.17, 15) is 9.90 Å². The molecule has 0 fully saturated rings. The first-order chi connectivity index (χ1) is 8.10. The van der Waals surface area contributed by atoms with Crippen molar-refractivity contribution in [1.82, 2.24) is 0 Å². The van der Waals surface area contributed by atoms with Crippen molar-refractivity contribution in [1.29, 1.82) is 0 Å². The molecule has 1 aromatic carbocycles. The average Bonchev–Trinajstić information content (AvgIpc) is 2.48. The maximum atomic E-state index is 11.9. The molecule has 0 radical (unpaired) electrons. The van der Waals surface area contributed by atoms with E-state index < -0.39 is 16.9 Å². The highest BCUT2D eigenvalue weighted by molar-refractivity contribution is 6.23. The van der Waals surface area contributed by atoms with Crippen LogP contribution in [0.3, 0.4) is 0 Å². The number of esters is 1. The third-order valence-electron chi connectivity index (χ3n) is 3.28. The number of hydrogen-bond donors (Lipinski definition) is 1. The molecular formula is C13H15ClO3. The first-order valence-corrected chi connectivity index (χ1v) is 6.07. The molecule has 0 bridgehead atoms. The number of hydrogen-bond acceptors (Lipinski definition) is 3. The van der Waals surface area contributed by atoms with Gasteiger partial charge in [0.1, 0.15) is 0 Å². The summed E-state index contributed by atoms with van der Waals surface area (Å²) in [6.45, 7) is 0. The summed E-state index contributed by atoms with van der Waals surface area (Å²) in [4.78, 5) is 11.9. The number of fused-ring (bicyclic) bond motifs is 1. The highest BCUT2D eigenvalue weighted by Crippen LogP contribution is 2.38. The van der Waals surface area contributed by atoms with Gasteiger partial charge in [0, 0.05) is 0 Å². The van der Waals surface area contributed by atoms with Crippen molar-refractivity contribution in [2.75, 3.05) is 7.11 Å². The van der Waals surface area contributed by atoms with Crippen LogP contribution >= 0.6 is 11.6 Å². The fourth-order valence-corrected chi connectivity index (χ4v) is 2.71. The Kier molecular flexibility index (Phi) is 3.40. The molecule has 1 aliphatic carbocycles. The predicted octanol–water partition coefficient (Wildman–Crippen LogP) is 1.99. The van der Waals surface area contributed by atoms with Gasteiger partial charge >= 0.3 is 5.97 Å². The highest BCUT2D eigenvalue weighted by Gasteiger charge is 2.48. The Bertz CT molecular complexity index is 432. The third-order valence-corrected chi connectivity index (χ3v) is 3.82. The fourth-order valence-electron chi connectivity index (χ4n) is 2.35. The van der Waals surface area contributed by atoms with E-state index >= 15 is 0 Å². The number of alkyl halides is 1. The molecule has 4 heteroatoms. The van der Waals surface area contributed by atoms with Crippen LogP contribution in [-0.4, -0.2) is 23.6 Å². The number of aryl methyl sites for hydroxylation is 1. The molecule has 1 aromatic rings. The van der Waals surface area contributed by atoms with Gasteiger partial charge in [0.15, 0.2) is 0 Å². The Balaban J connectivity index is 2.58. The Labute approximate surface area is 105 Å². The van der Waals surface area contributed by atoms with E-state index in [2.05, 4.69) is 0 Å². The normalized spacial score (nSPS) is 28.1. The summed E-state index contributed by atoms with van der Waals surface area (Å²) in [5, 5.41) is 9.98. The van der Waals surface area contributed by atoms with Crippen LogP contribution in [0.5, 0.6) is 0 Å². The van der Waals surface area contributed by atoms with E-state index in [0.717, 1.165) is 18.4 Å². The van der Waals surface area contributed by atoms with Crippen LogP contribution in [-0.2, 0) is 21.6 Å². The van der Waals surface area contributed by atoms with Gasteiger partial charge in [-0.3, -0.25) is 0 Å². The minimum absolute atomic E-state index is 0.573. The highest BCUT2D eigenvalue weighted by atomic mass is 35.5. The van der Waals surface area contributed by atoms with Crippen molar-refractivity contribution < 1.29 is 14.6 Å². The van der Waals surface area contributed by atoms with Gasteiger partial charge in [0.2, 0.25) is 5.60 Å². The number of halogens is 1. The molecule has 0 amide bonds. The van der Waals surface area contributed by atoms with Gasteiger partial charge in [-0.1, -0.05) is 24.3 Å². The fraction of sp³-hybridized carbons (Fsp3) is 0.462. The van der Waals surface area contributed by atoms with Crippen LogP contribution in [0, 0.1) is 0 Å². The second-order valence-corrected chi connectivity index (χ2v) is 4.80. The quantitative estimate of drug-likeness (QED) is 0.474. The van der Waals surface area contributed by atoms with Crippen molar-refractivity contribution in [3.63, 3.8) is 0 Å². The van der Waals surface area contributed by atoms with Crippen molar-refractivity contribution in [2.24, 2.45) is 0 Å². The number of rotatable bonds is 1. The smallest absolute Gasteiger partial charge is 0.344 e. The van der Waals surface area contributed by atoms with E-state index in [0.29, 0.717) is 12.0 Å². The minimum Gasteiger partial charge on any atom is -0.467 e. The molecule has 0 saturated carbocycles. The summed E-state index contributed by atoms with van der Waals surface area (Å²) in [6.07, 6.45) is 2.25. The minimum atomic E-state index is -1.73. The lowest BCUT2D eigenvalue weighted by Crippen LogP contribution is -2.44. The molecule has 1 N–H and O–H groups in total. The lowest BCUT2D eigenvalue weighted by Gasteiger charge is -2.29. The van der Waals surface area contributed by atoms with Gasteiger partial charge in [0.25, 0.3) is 0 Å². The Morgan fingerprint density at radius 1 is 1.53 bits per heavy atom. The van der Waals surface area contributed by atoms with Gasteiger partial charge in [0.05, 0.1) is 12.5 Å². The Morgan fingerprint density at radius 3 is 2.94 bits per heavy atom. The van der Waals surface area contributed by atoms with Crippen molar-refractivity contribution in [3.8, 4) is 0 Å². The zero-order valence-corrected chi connectivity index (χ0v) is 10.4. The van der Waals surface area contributed by atoms with E-state index in [1.807, 2.05) is 12.1 Å². The monoisotopic (exact) mass is 254 g/mol. The predicted molar refractivity (Wildman–Crippen MR) is 64.9 cm³/mol. The lowest BCUT2D eigenvalue weighted by molar-refractivity contribution is -0.163. The second kappa shape index (κ2) is 4.67. The molecule has 17 heavy (non-hydrogen) atoms. The molecule has 2 rings (SSSR count). The second-order valence-electron chi connectivity index (χ2n) is 4.27. The molecule has 3 nitrogen and oxygen atoms in total. The van der Waals surface area contributed by atoms with Crippen LogP contribution in [0.15, 0.2) is 24.3 Å². The molecule has 0 saturated heterocycles. The van der Waals surface area contributed by atoms with Crippen LogP contribution in [0.2, 0.25) is 0 Å². The third kappa shape index (κ3) is 1.94. The molecule has 0 aromatic heterocycles. The van der Waals surface area contributed by atoms with Gasteiger partial charge in [-0.25, -0.2) is 4.79 Å². The Morgan fingerprint density at radius 2 is 2.24 bits per heavy atom. The standard InChI is InChI=1S/C13H15ClO3/c1-17-12(15)13(16)10-7-3-2-5-9(10)6-4-8-11(13)14/h2-3,5,7,11,16H,4,6,8H2,1H3/t11-,13+/m0/s1. The lowest BCUT2D eigenvalue weighted by atomic mass is 9.87. The molecule has 1 aliphatic rings. The summed E-state index contributed by atoms with van der Waals surface area (Å²) in [5.41, 5.74) is -0.198. The largest absolute Gasteiger partial charge is 0.467 e. The number of carbonyl (C=O) groups excluding carboxylic acids is 1. The average molecular weight is 255 g/mol. The van der Waals surface area contributed by atoms with Gasteiger partial charge in [-0.05, 0) is 30.4 Å². The van der Waals surface area contributed by atoms with Gasteiger partial charge in [-0.2, -0.15) is 0 Å². The Hall–Kier alpha value is -1.06. The van der Waals surface area contributed by atoms with Gasteiger partial charge in [-0.15, -0.1) is 11.6 Å². The number of benzene rings is 1. The molecular weight excluding hydrogens is 240 g/mol. The van der Waals surface area contributed by atoms with E-state index in [-0.39, 0.29) is 0 Å². The molecule has 0 spiro atoms. The summed E-state index contributed by atoms with van der Waals surface area (Å²) >= 11 is 6.18. The summed E-state index contributed by atoms with van der Waals surface area (Å²) < 4.78 is 4.70. The maximum absolute atomic E-state index is 11.9. The van der Waals surface area contributed by atoms with Gasteiger partial charge < -0.3 is 9.84 Å². The number of carbonyl (C=O) groups is 1. The van der Waals surface area contributed by atoms with Crippen LogP contribution < -0.4 is 0 Å². The molecule has 92 valence electrons. The molecule has 0 aliphatic heterocycles. The first kappa shape index (κ1) is 12.4. The van der Waals surface area contributed by atoms with Crippen molar-refractivity contribution >= 4 is 17.6 Å². The van der Waals surface area contributed by atoms with E-state index in [4.69, 9.17) is 16.3 Å². The molecule has 0 unspecified atom stereocenters. The summed E-state index contributed by atoms with van der Waals surface area (Å²) in [5.74, 6) is -0.688. The maximum Gasteiger partial charge on any atom is 0.344 e. The topological polar surface area (TPSA) is 46.5 Å². The zero-order chi connectivity index (χ0) is 12.5. The molecule has 0 heterocycles. The number of methoxy groups -OCH3 is 1. The van der Waals surface area contributed by atoms with Crippen LogP contribution in [0.25, 0.3) is 0 Å². The number of ether oxygens (including phenoxy) is 1. The van der Waals surface area contributed by atoms with E-state index in [1.54, 1.807) is 12.1 Å². The van der Waals surface area contributed by atoms with Crippen LogP contribution in [0.4, 0.5) is 0 Å². The SMILES string of the molecule is COC(=O)[C@@]1(O)c2ccccc2CCC[C@@H]1Cl. The van der Waals surface area contributed by atoms with E-state index in [1.165, 1.54) is 7.11 Å². The number of aliphatic hydroxyl groups is 1.